The number of hydrogen-bond donors (Lipinski definition) is 2. The summed E-state index contributed by atoms with van der Waals surface area (Å²) in [5, 5.41) is 12.4. The number of nitrogens with zero attached hydrogens (tertiary/aromatic N) is 2. The Balaban J connectivity index is 1.27. The molecule has 0 radical (unpaired) electrons. The Morgan fingerprint density at radius 2 is 1.76 bits per heavy atom. The van der Waals surface area contributed by atoms with E-state index in [-0.39, 0.29) is 30.0 Å². The Morgan fingerprint density at radius 3 is 2.47 bits per heavy atom. The van der Waals surface area contributed by atoms with Crippen molar-refractivity contribution in [2.24, 2.45) is 0 Å². The lowest BCUT2D eigenvalue weighted by Crippen LogP contribution is -2.40. The molecule has 2 aromatic carbocycles. The van der Waals surface area contributed by atoms with Gasteiger partial charge in [-0.25, -0.2) is 13.8 Å². The van der Waals surface area contributed by atoms with E-state index in [1.165, 1.54) is 12.3 Å². The maximum atomic E-state index is 13.3. The van der Waals surface area contributed by atoms with Gasteiger partial charge in [-0.15, -0.1) is 0 Å². The van der Waals surface area contributed by atoms with Crippen LogP contribution in [0.25, 0.3) is 11.5 Å². The van der Waals surface area contributed by atoms with Crippen LogP contribution in [0.15, 0.2) is 53.1 Å². The van der Waals surface area contributed by atoms with Crippen molar-refractivity contribution < 1.29 is 27.9 Å². The zero-order valence-corrected chi connectivity index (χ0v) is 18.5. The second-order valence-electron chi connectivity index (χ2n) is 8.28. The number of aliphatic hydroxyl groups is 1. The van der Waals surface area contributed by atoms with Crippen molar-refractivity contribution in [1.29, 1.82) is 0 Å². The molecule has 1 fully saturated rings. The monoisotopic (exact) mass is 469 g/mol. The summed E-state index contributed by atoms with van der Waals surface area (Å²) >= 11 is 0. The highest BCUT2D eigenvalue weighted by molar-refractivity contribution is 5.92. The fourth-order valence-corrected chi connectivity index (χ4v) is 3.74. The zero-order valence-electron chi connectivity index (χ0n) is 18.5. The van der Waals surface area contributed by atoms with E-state index in [1.54, 1.807) is 17.0 Å². The smallest absolute Gasteiger partial charge is 0.275 e. The van der Waals surface area contributed by atoms with Crippen LogP contribution in [0.2, 0.25) is 0 Å². The number of amides is 2. The van der Waals surface area contributed by atoms with Gasteiger partial charge in [-0.05, 0) is 54.7 Å². The fraction of sp³-hybridized carbons (Fsp3) is 0.320. The molecule has 1 saturated heterocycles. The summed E-state index contributed by atoms with van der Waals surface area (Å²) in [4.78, 5) is 30.6. The number of rotatable bonds is 7. The number of halogens is 2. The number of aryl methyl sites for hydroxylation is 1. The number of likely N-dealkylation sites (tertiary alicyclic amines) is 1. The summed E-state index contributed by atoms with van der Waals surface area (Å²) in [5.41, 5.74) is 2.34. The lowest BCUT2D eigenvalue weighted by molar-refractivity contribution is -0.121. The highest BCUT2D eigenvalue weighted by atomic mass is 19.2. The third kappa shape index (κ3) is 5.85. The molecule has 0 atom stereocenters. The van der Waals surface area contributed by atoms with Gasteiger partial charge in [0.15, 0.2) is 17.3 Å². The Hall–Kier alpha value is -3.59. The number of hydrogen-bond acceptors (Lipinski definition) is 5. The third-order valence-electron chi connectivity index (χ3n) is 5.79. The van der Waals surface area contributed by atoms with Crippen LogP contribution < -0.4 is 5.32 Å². The van der Waals surface area contributed by atoms with Gasteiger partial charge in [-0.2, -0.15) is 0 Å². The van der Waals surface area contributed by atoms with Crippen molar-refractivity contribution in [3.05, 3.63) is 77.2 Å². The number of benzene rings is 2. The van der Waals surface area contributed by atoms with Gasteiger partial charge < -0.3 is 19.7 Å². The van der Waals surface area contributed by atoms with E-state index in [9.17, 15) is 23.5 Å². The molecule has 2 N–H and O–H groups in total. The number of nitrogens with one attached hydrogen (secondary N) is 1. The zero-order chi connectivity index (χ0) is 24.1. The first-order valence-corrected chi connectivity index (χ1v) is 11.1. The van der Waals surface area contributed by atoms with Crippen molar-refractivity contribution in [3.63, 3.8) is 0 Å². The van der Waals surface area contributed by atoms with Crippen molar-refractivity contribution in [2.75, 3.05) is 13.1 Å². The van der Waals surface area contributed by atoms with Crippen molar-refractivity contribution in [2.45, 2.75) is 38.3 Å². The van der Waals surface area contributed by atoms with Crippen molar-refractivity contribution in [1.82, 2.24) is 15.2 Å². The molecule has 1 aliphatic heterocycles. The van der Waals surface area contributed by atoms with Crippen LogP contribution in [0.5, 0.6) is 0 Å². The van der Waals surface area contributed by atoms with Gasteiger partial charge in [0.1, 0.15) is 6.26 Å². The molecular weight excluding hydrogens is 444 g/mol. The average Bonchev–Trinajstić information content (AvgIpc) is 3.34. The summed E-state index contributed by atoms with van der Waals surface area (Å²) in [6.07, 6.45) is 2.55. The van der Waals surface area contributed by atoms with Crippen LogP contribution >= 0.6 is 0 Å². The Bertz CT molecular complexity index is 1160. The molecule has 0 spiro atoms. The number of carbonyl (C=O) groups excluding carboxylic acids is 2. The molecule has 2 heterocycles. The van der Waals surface area contributed by atoms with Crippen molar-refractivity contribution >= 4 is 11.8 Å². The standard InChI is InChI=1S/C25H25F2N3O4/c26-20-7-3-16(13-21(20)27)4-8-23(32)28-14-17-1-5-18(6-2-17)24-29-22(15-34-24)25(33)30-11-9-19(31)10-12-30/h1-3,5-7,13,15,19,31H,4,8-12,14H2,(H,28,32). The van der Waals surface area contributed by atoms with Crippen molar-refractivity contribution in [3.8, 4) is 11.5 Å². The highest BCUT2D eigenvalue weighted by Gasteiger charge is 2.24. The molecule has 178 valence electrons. The van der Waals surface area contributed by atoms with Crippen LogP contribution in [0, 0.1) is 11.6 Å². The lowest BCUT2D eigenvalue weighted by Gasteiger charge is -2.28. The van der Waals surface area contributed by atoms with E-state index in [0.29, 0.717) is 55.9 Å². The molecular formula is C25H25F2N3O4. The summed E-state index contributed by atoms with van der Waals surface area (Å²) in [6, 6.07) is 10.8. The van der Waals surface area contributed by atoms with Crippen LogP contribution in [0.3, 0.4) is 0 Å². The minimum Gasteiger partial charge on any atom is -0.444 e. The number of carbonyl (C=O) groups is 2. The van der Waals surface area contributed by atoms with E-state index in [0.717, 1.165) is 17.7 Å². The van der Waals surface area contributed by atoms with Crippen LogP contribution in [-0.2, 0) is 17.8 Å². The SMILES string of the molecule is O=C(CCc1ccc(F)c(F)c1)NCc1ccc(-c2nc(C(=O)N3CCC(O)CC3)co2)cc1. The first-order valence-electron chi connectivity index (χ1n) is 11.1. The van der Waals surface area contributed by atoms with Gasteiger partial charge in [0.25, 0.3) is 5.91 Å². The molecule has 34 heavy (non-hydrogen) atoms. The predicted octanol–water partition coefficient (Wildman–Crippen LogP) is 3.47. The van der Waals surface area contributed by atoms with Gasteiger partial charge in [0.2, 0.25) is 11.8 Å². The van der Waals surface area contributed by atoms with Gasteiger partial charge in [-0.3, -0.25) is 9.59 Å². The number of piperidine rings is 1. The number of oxazole rings is 1. The minimum atomic E-state index is -0.924. The van der Waals surface area contributed by atoms with E-state index in [4.69, 9.17) is 4.42 Å². The van der Waals surface area contributed by atoms with Gasteiger partial charge in [-0.1, -0.05) is 18.2 Å². The van der Waals surface area contributed by atoms with Crippen LogP contribution in [-0.4, -0.2) is 46.0 Å². The Kier molecular flexibility index (Phi) is 7.32. The molecule has 2 amide bonds. The average molecular weight is 469 g/mol. The van der Waals surface area contributed by atoms with E-state index < -0.39 is 11.6 Å². The molecule has 0 aliphatic carbocycles. The fourth-order valence-electron chi connectivity index (χ4n) is 3.74. The summed E-state index contributed by atoms with van der Waals surface area (Å²) < 4.78 is 31.7. The topological polar surface area (TPSA) is 95.7 Å². The maximum absolute atomic E-state index is 13.3. The molecule has 7 nitrogen and oxygen atoms in total. The molecule has 1 aliphatic rings. The first kappa shape index (κ1) is 23.6. The highest BCUT2D eigenvalue weighted by Crippen LogP contribution is 2.21. The molecule has 3 aromatic rings. The van der Waals surface area contributed by atoms with E-state index >= 15 is 0 Å². The lowest BCUT2D eigenvalue weighted by atomic mass is 10.1. The first-order chi connectivity index (χ1) is 16.4. The predicted molar refractivity (Wildman–Crippen MR) is 120 cm³/mol. The van der Waals surface area contributed by atoms with E-state index in [2.05, 4.69) is 10.3 Å². The molecule has 0 unspecified atom stereocenters. The van der Waals surface area contributed by atoms with Gasteiger partial charge in [0.05, 0.1) is 6.10 Å². The van der Waals surface area contributed by atoms with E-state index in [1.807, 2.05) is 12.1 Å². The molecule has 0 bridgehead atoms. The molecule has 1 aromatic heterocycles. The minimum absolute atomic E-state index is 0.159. The van der Waals surface area contributed by atoms with Gasteiger partial charge in [0, 0.05) is 31.6 Å². The number of aliphatic hydroxyl groups excluding tert-OH is 1. The summed E-state index contributed by atoms with van der Waals surface area (Å²) in [5.74, 6) is -1.93. The molecule has 9 heteroatoms. The molecule has 4 rings (SSSR count). The van der Waals surface area contributed by atoms with Crippen LogP contribution in [0.1, 0.15) is 40.9 Å². The second-order valence-corrected chi connectivity index (χ2v) is 8.28. The summed E-state index contributed by atoms with van der Waals surface area (Å²) in [6.45, 7) is 1.29. The second kappa shape index (κ2) is 10.6. The Morgan fingerprint density at radius 1 is 1.06 bits per heavy atom. The third-order valence-corrected chi connectivity index (χ3v) is 5.79. The summed E-state index contributed by atoms with van der Waals surface area (Å²) in [7, 11) is 0. The maximum Gasteiger partial charge on any atom is 0.275 e. The Labute approximate surface area is 195 Å². The largest absolute Gasteiger partial charge is 0.444 e. The number of aromatic nitrogens is 1. The quantitative estimate of drug-likeness (QED) is 0.553. The normalized spacial score (nSPS) is 14.3. The van der Waals surface area contributed by atoms with Crippen LogP contribution in [0.4, 0.5) is 8.78 Å². The van der Waals surface area contributed by atoms with Gasteiger partial charge >= 0.3 is 0 Å². The molecule has 0 saturated carbocycles.